The van der Waals surface area contributed by atoms with Gasteiger partial charge >= 0.3 is 0 Å². The zero-order valence-corrected chi connectivity index (χ0v) is 28.7. The number of thioether (sulfide) groups is 1. The second kappa shape index (κ2) is 16.9. The fraction of sp³-hybridized carbons (Fsp3) is 0.529. The van der Waals surface area contributed by atoms with E-state index in [1.807, 2.05) is 48.2 Å². The third-order valence-corrected chi connectivity index (χ3v) is 10.1. The molecule has 2 N–H and O–H groups in total. The summed E-state index contributed by atoms with van der Waals surface area (Å²) >= 11 is 8.48. The third-order valence-electron chi connectivity index (χ3n) is 8.80. The van der Waals surface area contributed by atoms with Crippen LogP contribution in [-0.2, 0) is 11.3 Å². The first-order chi connectivity index (χ1) is 22.4. The molecule has 2 fully saturated rings. The first-order valence-electron chi connectivity index (χ1n) is 16.3. The molecule has 1 aliphatic heterocycles. The number of para-hydroxylation sites is 1. The van der Waals surface area contributed by atoms with Gasteiger partial charge in [-0.15, -0.1) is 0 Å². The Morgan fingerprint density at radius 2 is 1.89 bits per heavy atom. The third kappa shape index (κ3) is 9.09. The summed E-state index contributed by atoms with van der Waals surface area (Å²) in [6.07, 6.45) is 7.20. The summed E-state index contributed by atoms with van der Waals surface area (Å²) in [5, 5.41) is 6.63. The number of hydrogen-bond acceptors (Lipinski definition) is 10. The van der Waals surface area contributed by atoms with Crippen LogP contribution >= 0.6 is 23.4 Å². The summed E-state index contributed by atoms with van der Waals surface area (Å²) in [4.78, 5) is 31.2. The molecule has 0 spiro atoms. The molecule has 2 aromatic carbocycles. The van der Waals surface area contributed by atoms with E-state index in [0.29, 0.717) is 60.5 Å². The Morgan fingerprint density at radius 3 is 2.63 bits per heavy atom. The lowest BCUT2D eigenvalue weighted by Gasteiger charge is -2.37. The molecule has 2 aliphatic rings. The summed E-state index contributed by atoms with van der Waals surface area (Å²) < 4.78 is 11.8. The fourth-order valence-electron chi connectivity index (χ4n) is 6.07. The minimum atomic E-state index is 0.00888. The maximum Gasteiger partial charge on any atom is 0.233 e. The summed E-state index contributed by atoms with van der Waals surface area (Å²) in [6.45, 7) is 5.08. The number of nitrogens with one attached hydrogen (secondary N) is 2. The van der Waals surface area contributed by atoms with E-state index in [1.54, 1.807) is 14.2 Å². The number of anilines is 4. The highest BCUT2D eigenvalue weighted by atomic mass is 35.5. The van der Waals surface area contributed by atoms with Gasteiger partial charge in [-0.1, -0.05) is 43.0 Å². The second-order valence-corrected chi connectivity index (χ2v) is 13.5. The quantitative estimate of drug-likeness (QED) is 0.180. The maximum atomic E-state index is 11.6. The van der Waals surface area contributed by atoms with Crippen LogP contribution in [0.4, 0.5) is 23.5 Å². The molecule has 1 amide bonds. The number of halogens is 1. The van der Waals surface area contributed by atoms with E-state index in [9.17, 15) is 4.79 Å². The number of amides is 1. The number of hydrogen-bond donors (Lipinski definition) is 2. The Bertz CT molecular complexity index is 1440. The molecule has 10 nitrogen and oxygen atoms in total. The van der Waals surface area contributed by atoms with E-state index in [1.165, 1.54) is 32.1 Å². The number of carbonyl (C=O) groups is 1. The van der Waals surface area contributed by atoms with Crippen molar-refractivity contribution in [1.82, 2.24) is 20.3 Å². The minimum absolute atomic E-state index is 0.00888. The topological polar surface area (TPSA) is 105 Å². The van der Waals surface area contributed by atoms with Gasteiger partial charge in [-0.2, -0.15) is 26.7 Å². The second-order valence-electron chi connectivity index (χ2n) is 11.8. The predicted molar refractivity (Wildman–Crippen MR) is 188 cm³/mol. The SMILES string of the molecule is CNC(=O)CCCOc1ccc(CN(c2nc(Nc3ccccc3Cl)nc(N3CCSCC3)n2)[C@@H](C)C2CCCCC2)c(OC)c1. The van der Waals surface area contributed by atoms with Gasteiger partial charge in [0, 0.05) is 62.3 Å². The smallest absolute Gasteiger partial charge is 0.233 e. The van der Waals surface area contributed by atoms with Crippen LogP contribution in [0, 0.1) is 5.92 Å². The van der Waals surface area contributed by atoms with Crippen LogP contribution < -0.4 is 29.9 Å². The van der Waals surface area contributed by atoms with Gasteiger partial charge in [0.05, 0.1) is 24.4 Å². The lowest BCUT2D eigenvalue weighted by molar-refractivity contribution is -0.120. The van der Waals surface area contributed by atoms with E-state index < -0.39 is 0 Å². The first-order valence-corrected chi connectivity index (χ1v) is 17.9. The molecule has 1 aromatic heterocycles. The van der Waals surface area contributed by atoms with Crippen LogP contribution in [0.5, 0.6) is 11.5 Å². The van der Waals surface area contributed by atoms with Crippen LogP contribution in [-0.4, -0.2) is 72.3 Å². The molecule has 46 heavy (non-hydrogen) atoms. The lowest BCUT2D eigenvalue weighted by atomic mass is 9.84. The molecule has 0 unspecified atom stereocenters. The molecule has 1 saturated heterocycles. The Balaban J connectivity index is 1.47. The normalized spacial score (nSPS) is 16.0. The molecule has 1 saturated carbocycles. The number of nitrogens with zero attached hydrogens (tertiary/aromatic N) is 5. The number of rotatable bonds is 14. The number of methoxy groups -OCH3 is 1. The van der Waals surface area contributed by atoms with Crippen molar-refractivity contribution >= 4 is 52.8 Å². The maximum absolute atomic E-state index is 11.6. The van der Waals surface area contributed by atoms with Crippen molar-refractivity contribution in [3.8, 4) is 11.5 Å². The Hall–Kier alpha value is -3.44. The standard InChI is InChI=1S/C34H46ClN7O3S/c1-24(25-10-5-4-6-11-25)42(23-26-15-16-27(22-30(26)44-3)45-19-9-14-31(43)36-2)34-39-32(37-29-13-8-7-12-28(29)35)38-33(40-34)41-17-20-46-21-18-41/h7-8,12-13,15-16,22,24-25H,4-6,9-11,14,17-21,23H2,1-3H3,(H,36,43)(H,37,38,39,40)/t24-/m0/s1. The van der Waals surface area contributed by atoms with E-state index in [-0.39, 0.29) is 11.9 Å². The van der Waals surface area contributed by atoms with Gasteiger partial charge in [0.25, 0.3) is 0 Å². The van der Waals surface area contributed by atoms with Crippen LogP contribution in [0.25, 0.3) is 0 Å². The van der Waals surface area contributed by atoms with Crippen molar-refractivity contribution in [2.75, 3.05) is 60.5 Å². The van der Waals surface area contributed by atoms with Gasteiger partial charge in [0.2, 0.25) is 23.8 Å². The summed E-state index contributed by atoms with van der Waals surface area (Å²) in [5.41, 5.74) is 1.76. The summed E-state index contributed by atoms with van der Waals surface area (Å²) in [6, 6.07) is 13.8. The molecule has 1 atom stereocenters. The van der Waals surface area contributed by atoms with Gasteiger partial charge in [0.15, 0.2) is 0 Å². The highest BCUT2D eigenvalue weighted by Crippen LogP contribution is 2.35. The van der Waals surface area contributed by atoms with Crippen LogP contribution in [0.2, 0.25) is 5.02 Å². The van der Waals surface area contributed by atoms with Crippen molar-refractivity contribution in [2.24, 2.45) is 5.92 Å². The molecule has 12 heteroatoms. The Morgan fingerprint density at radius 1 is 1.11 bits per heavy atom. The van der Waals surface area contributed by atoms with E-state index in [0.717, 1.165) is 41.6 Å². The fourth-order valence-corrected chi connectivity index (χ4v) is 7.16. The Kier molecular flexibility index (Phi) is 12.5. The zero-order valence-electron chi connectivity index (χ0n) is 27.1. The average molecular weight is 668 g/mol. The average Bonchev–Trinajstić information content (AvgIpc) is 3.10. The summed E-state index contributed by atoms with van der Waals surface area (Å²) in [7, 11) is 3.33. The molecule has 1 aliphatic carbocycles. The van der Waals surface area contributed by atoms with E-state index in [4.69, 9.17) is 36.0 Å². The molecule has 0 bridgehead atoms. The van der Waals surface area contributed by atoms with Gasteiger partial charge in [0.1, 0.15) is 11.5 Å². The minimum Gasteiger partial charge on any atom is -0.496 e. The zero-order chi connectivity index (χ0) is 32.3. The van der Waals surface area contributed by atoms with Crippen LogP contribution in [0.3, 0.4) is 0 Å². The van der Waals surface area contributed by atoms with Crippen LogP contribution in [0.15, 0.2) is 42.5 Å². The number of aromatic nitrogens is 3. The highest BCUT2D eigenvalue weighted by molar-refractivity contribution is 7.99. The molecular weight excluding hydrogens is 622 g/mol. The van der Waals surface area contributed by atoms with E-state index in [2.05, 4.69) is 33.4 Å². The molecule has 5 rings (SSSR count). The van der Waals surface area contributed by atoms with Crippen molar-refractivity contribution in [3.05, 3.63) is 53.1 Å². The van der Waals surface area contributed by atoms with Crippen LogP contribution in [0.1, 0.15) is 57.4 Å². The van der Waals surface area contributed by atoms with Gasteiger partial charge in [-0.25, -0.2) is 0 Å². The molecule has 0 radical (unpaired) electrons. The summed E-state index contributed by atoms with van der Waals surface area (Å²) in [5.74, 6) is 5.83. The van der Waals surface area contributed by atoms with E-state index >= 15 is 0 Å². The number of ether oxygens (including phenoxy) is 2. The molecule has 2 heterocycles. The number of benzene rings is 2. The first kappa shape index (κ1) is 33.9. The van der Waals surface area contributed by atoms with Gasteiger partial charge in [-0.05, 0) is 56.4 Å². The monoisotopic (exact) mass is 667 g/mol. The van der Waals surface area contributed by atoms with Crippen molar-refractivity contribution in [2.45, 2.75) is 64.5 Å². The molecule has 3 aromatic rings. The molecule has 248 valence electrons. The van der Waals surface area contributed by atoms with Gasteiger partial charge < -0.3 is 29.9 Å². The molecular formula is C34H46ClN7O3S. The largest absolute Gasteiger partial charge is 0.496 e. The Labute approximate surface area is 282 Å². The van der Waals surface area contributed by atoms with Crippen molar-refractivity contribution < 1.29 is 14.3 Å². The van der Waals surface area contributed by atoms with Crippen molar-refractivity contribution in [1.29, 1.82) is 0 Å². The lowest BCUT2D eigenvalue weighted by Crippen LogP contribution is -2.41. The number of carbonyl (C=O) groups excluding carboxylic acids is 1. The van der Waals surface area contributed by atoms with Crippen molar-refractivity contribution in [3.63, 3.8) is 0 Å². The van der Waals surface area contributed by atoms with Gasteiger partial charge in [-0.3, -0.25) is 4.79 Å². The predicted octanol–water partition coefficient (Wildman–Crippen LogP) is 6.71. The highest BCUT2D eigenvalue weighted by Gasteiger charge is 2.30.